The highest BCUT2D eigenvalue weighted by Crippen LogP contribution is 2.36. The zero-order valence-electron chi connectivity index (χ0n) is 16.0. The molecule has 0 aromatic heterocycles. The number of amides is 2. The molecule has 0 radical (unpaired) electrons. The Morgan fingerprint density at radius 1 is 1.07 bits per heavy atom. The lowest BCUT2D eigenvalue weighted by atomic mass is 10.0. The Balaban J connectivity index is 1.83. The molecule has 0 aliphatic heterocycles. The summed E-state index contributed by atoms with van der Waals surface area (Å²) in [5, 5.41) is 11.7. The lowest BCUT2D eigenvalue weighted by Crippen LogP contribution is -2.39. The Morgan fingerprint density at radius 2 is 1.86 bits per heavy atom. The van der Waals surface area contributed by atoms with Crippen molar-refractivity contribution in [3.8, 4) is 0 Å². The quantitative estimate of drug-likeness (QED) is 0.690. The van der Waals surface area contributed by atoms with Crippen LogP contribution in [-0.2, 0) is 10.0 Å². The fourth-order valence-electron chi connectivity index (χ4n) is 3.66. The standard InChI is InChI=1S/C21H24N2O5S/c1-14-7-3-2-4-8-15-9-6-12-18(15)19(14)22-21(26)23-29(27,28)17-11-5-10-16(13-17)20(24)25/h5,8,10-11,13H,1-4,6-7,9,12H2,(H,24,25)(H2,22,23,26)/b15-8-,19-18+. The molecule has 3 N–H and O–H groups in total. The molecule has 29 heavy (non-hydrogen) atoms. The third kappa shape index (κ3) is 4.95. The minimum absolute atomic E-state index is 0.177. The molecule has 0 spiro atoms. The van der Waals surface area contributed by atoms with Crippen LogP contribution in [0.3, 0.4) is 0 Å². The molecular formula is C21H24N2O5S. The zero-order valence-corrected chi connectivity index (χ0v) is 16.8. The van der Waals surface area contributed by atoms with Crippen LogP contribution < -0.4 is 10.0 Å². The molecule has 2 aliphatic carbocycles. The number of hydrogen-bond donors (Lipinski definition) is 3. The Hall–Kier alpha value is -2.87. The third-order valence-electron chi connectivity index (χ3n) is 5.10. The van der Waals surface area contributed by atoms with E-state index in [0.29, 0.717) is 5.70 Å². The molecule has 1 saturated carbocycles. The van der Waals surface area contributed by atoms with Crippen LogP contribution in [0, 0.1) is 0 Å². The smallest absolute Gasteiger partial charge is 0.335 e. The SMILES string of the molecule is C=C1CCCC/C=C2/CCC/C2=C/1NC(=O)NS(=O)(=O)c1cccc(C(=O)O)c1. The normalized spacial score (nSPS) is 21.8. The van der Waals surface area contributed by atoms with E-state index in [-0.39, 0.29) is 10.5 Å². The summed E-state index contributed by atoms with van der Waals surface area (Å²) in [6.07, 6.45) is 8.65. The molecule has 0 saturated heterocycles. The van der Waals surface area contributed by atoms with Gasteiger partial charge in [0, 0.05) is 5.70 Å². The number of carboxylic acids is 1. The average Bonchev–Trinajstić information content (AvgIpc) is 3.14. The summed E-state index contributed by atoms with van der Waals surface area (Å²) in [5.74, 6) is -1.25. The molecule has 8 heteroatoms. The van der Waals surface area contributed by atoms with Crippen LogP contribution in [0.5, 0.6) is 0 Å². The van der Waals surface area contributed by atoms with E-state index in [2.05, 4.69) is 18.0 Å². The van der Waals surface area contributed by atoms with Gasteiger partial charge in [-0.05, 0) is 79.9 Å². The minimum atomic E-state index is -4.22. The van der Waals surface area contributed by atoms with Crippen LogP contribution in [0.25, 0.3) is 0 Å². The van der Waals surface area contributed by atoms with Gasteiger partial charge in [0.1, 0.15) is 0 Å². The zero-order chi connectivity index (χ0) is 21.0. The van der Waals surface area contributed by atoms with Gasteiger partial charge in [-0.3, -0.25) is 0 Å². The van der Waals surface area contributed by atoms with Gasteiger partial charge in [0.05, 0.1) is 10.5 Å². The Kier molecular flexibility index (Phi) is 6.22. The van der Waals surface area contributed by atoms with Gasteiger partial charge < -0.3 is 10.4 Å². The molecule has 2 aliphatic rings. The Morgan fingerprint density at radius 3 is 2.62 bits per heavy atom. The van der Waals surface area contributed by atoms with Gasteiger partial charge in [-0.25, -0.2) is 22.7 Å². The fraction of sp³-hybridized carbons (Fsp3) is 0.333. The number of allylic oxidation sites excluding steroid dienone is 4. The highest BCUT2D eigenvalue weighted by molar-refractivity contribution is 7.90. The topological polar surface area (TPSA) is 113 Å². The first-order valence-corrected chi connectivity index (χ1v) is 11.0. The van der Waals surface area contributed by atoms with Gasteiger partial charge >= 0.3 is 12.0 Å². The van der Waals surface area contributed by atoms with E-state index in [1.807, 2.05) is 4.72 Å². The summed E-state index contributed by atoms with van der Waals surface area (Å²) in [4.78, 5) is 23.3. The van der Waals surface area contributed by atoms with Crippen molar-refractivity contribution in [1.82, 2.24) is 10.0 Å². The van der Waals surface area contributed by atoms with E-state index in [1.54, 1.807) is 0 Å². The highest BCUT2D eigenvalue weighted by atomic mass is 32.2. The van der Waals surface area contributed by atoms with E-state index in [4.69, 9.17) is 5.11 Å². The van der Waals surface area contributed by atoms with Crippen LogP contribution in [0.1, 0.15) is 55.3 Å². The highest BCUT2D eigenvalue weighted by Gasteiger charge is 2.24. The maximum absolute atomic E-state index is 12.5. The first-order chi connectivity index (χ1) is 13.8. The van der Waals surface area contributed by atoms with Crippen molar-refractivity contribution >= 4 is 22.0 Å². The van der Waals surface area contributed by atoms with E-state index in [0.717, 1.165) is 62.2 Å². The second-order valence-electron chi connectivity index (χ2n) is 7.18. The Bertz CT molecular complexity index is 1020. The number of carbonyl (C=O) groups excluding carboxylic acids is 1. The molecule has 154 valence electrons. The molecule has 7 nitrogen and oxygen atoms in total. The molecule has 1 fully saturated rings. The minimum Gasteiger partial charge on any atom is -0.478 e. The first-order valence-electron chi connectivity index (χ1n) is 9.56. The maximum atomic E-state index is 12.5. The van der Waals surface area contributed by atoms with E-state index in [9.17, 15) is 18.0 Å². The average molecular weight is 416 g/mol. The monoisotopic (exact) mass is 416 g/mol. The van der Waals surface area contributed by atoms with Gasteiger partial charge in [-0.15, -0.1) is 0 Å². The lowest BCUT2D eigenvalue weighted by molar-refractivity contribution is 0.0696. The number of carbonyl (C=O) groups is 2. The van der Waals surface area contributed by atoms with Crippen molar-refractivity contribution in [2.45, 2.75) is 49.8 Å². The van der Waals surface area contributed by atoms with Crippen molar-refractivity contribution in [1.29, 1.82) is 0 Å². The van der Waals surface area contributed by atoms with Crippen LogP contribution in [0.15, 0.2) is 64.2 Å². The van der Waals surface area contributed by atoms with Crippen molar-refractivity contribution in [2.75, 3.05) is 0 Å². The van der Waals surface area contributed by atoms with Gasteiger partial charge in [0.15, 0.2) is 0 Å². The number of hydrogen-bond acceptors (Lipinski definition) is 4. The summed E-state index contributed by atoms with van der Waals surface area (Å²) >= 11 is 0. The largest absolute Gasteiger partial charge is 0.478 e. The summed E-state index contributed by atoms with van der Waals surface area (Å²) in [6.45, 7) is 4.10. The second-order valence-corrected chi connectivity index (χ2v) is 8.86. The molecule has 3 rings (SSSR count). The van der Waals surface area contributed by atoms with E-state index >= 15 is 0 Å². The predicted molar refractivity (Wildman–Crippen MR) is 109 cm³/mol. The molecule has 0 unspecified atom stereocenters. The van der Waals surface area contributed by atoms with Gasteiger partial charge in [0.25, 0.3) is 10.0 Å². The van der Waals surface area contributed by atoms with Crippen molar-refractivity contribution in [3.05, 3.63) is 64.9 Å². The number of rotatable bonds is 4. The van der Waals surface area contributed by atoms with Crippen molar-refractivity contribution < 1.29 is 23.1 Å². The van der Waals surface area contributed by atoms with Gasteiger partial charge in [-0.2, -0.15) is 0 Å². The van der Waals surface area contributed by atoms with Crippen LogP contribution in [0.4, 0.5) is 4.79 Å². The van der Waals surface area contributed by atoms with Crippen LogP contribution >= 0.6 is 0 Å². The molecule has 0 atom stereocenters. The molecule has 2 amide bonds. The molecule has 0 heterocycles. The van der Waals surface area contributed by atoms with Crippen molar-refractivity contribution in [2.24, 2.45) is 0 Å². The molecule has 1 aromatic rings. The van der Waals surface area contributed by atoms with Gasteiger partial charge in [-0.1, -0.05) is 18.7 Å². The van der Waals surface area contributed by atoms with Crippen LogP contribution in [-0.4, -0.2) is 25.5 Å². The fourth-order valence-corrected chi connectivity index (χ4v) is 4.61. The second kappa shape index (κ2) is 8.65. The molecule has 0 bridgehead atoms. The molecule has 1 aromatic carbocycles. The number of urea groups is 1. The first kappa shape index (κ1) is 20.9. The number of benzene rings is 1. The summed E-state index contributed by atoms with van der Waals surface area (Å²) < 4.78 is 27.0. The summed E-state index contributed by atoms with van der Waals surface area (Å²) in [6, 6.07) is 3.96. The number of aromatic carboxylic acids is 1. The van der Waals surface area contributed by atoms with E-state index < -0.39 is 22.0 Å². The van der Waals surface area contributed by atoms with Crippen LogP contribution in [0.2, 0.25) is 0 Å². The van der Waals surface area contributed by atoms with Crippen molar-refractivity contribution in [3.63, 3.8) is 0 Å². The van der Waals surface area contributed by atoms with Gasteiger partial charge in [0.2, 0.25) is 0 Å². The number of nitrogens with one attached hydrogen (secondary N) is 2. The third-order valence-corrected chi connectivity index (χ3v) is 6.42. The number of fused-ring (bicyclic) bond motifs is 1. The summed E-state index contributed by atoms with van der Waals surface area (Å²) in [5.41, 5.74) is 3.43. The molecular weight excluding hydrogens is 392 g/mol. The number of carboxylic acid groups (broad SMARTS) is 1. The van der Waals surface area contributed by atoms with E-state index in [1.165, 1.54) is 23.8 Å². The summed E-state index contributed by atoms with van der Waals surface area (Å²) in [7, 11) is -4.22. The lowest BCUT2D eigenvalue weighted by Gasteiger charge is -2.17. The predicted octanol–water partition coefficient (Wildman–Crippen LogP) is 3.87. The maximum Gasteiger partial charge on any atom is 0.335 e. The Labute approximate surface area is 170 Å². The number of sulfonamides is 1.